The van der Waals surface area contributed by atoms with Gasteiger partial charge in [0.15, 0.2) is 0 Å². The van der Waals surface area contributed by atoms with Crippen molar-refractivity contribution in [2.45, 2.75) is 6.04 Å². The number of carbonyl (C=O) groups is 1. The maximum Gasteiger partial charge on any atom is 0.242 e. The molecule has 0 saturated carbocycles. The van der Waals surface area contributed by atoms with Crippen LogP contribution in [0.5, 0.6) is 0 Å². The van der Waals surface area contributed by atoms with Gasteiger partial charge in [-0.1, -0.05) is 84.9 Å². The zero-order valence-corrected chi connectivity index (χ0v) is 15.8. The molecule has 0 aliphatic carbocycles. The number of aromatic nitrogens is 2. The van der Waals surface area contributed by atoms with Crippen LogP contribution in [0.15, 0.2) is 110 Å². The van der Waals surface area contributed by atoms with E-state index < -0.39 is 5.91 Å². The molecule has 0 radical (unpaired) electrons. The van der Waals surface area contributed by atoms with Gasteiger partial charge in [-0.25, -0.2) is 4.98 Å². The molecule has 29 heavy (non-hydrogen) atoms. The molecular weight excluding hydrogens is 358 g/mol. The van der Waals surface area contributed by atoms with Crippen LogP contribution in [0, 0.1) is 0 Å². The summed E-state index contributed by atoms with van der Waals surface area (Å²) in [5.74, 6) is -0.464. The second-order valence-electron chi connectivity index (χ2n) is 6.77. The highest BCUT2D eigenvalue weighted by Crippen LogP contribution is 2.29. The van der Waals surface area contributed by atoms with Gasteiger partial charge in [-0.2, -0.15) is 0 Å². The molecule has 2 N–H and O–H groups in total. The molecule has 3 aromatic carbocycles. The monoisotopic (exact) mass is 379 g/mol. The quantitative estimate of drug-likeness (QED) is 0.504. The van der Waals surface area contributed by atoms with Gasteiger partial charge in [0, 0.05) is 18.5 Å². The van der Waals surface area contributed by atoms with E-state index in [-0.39, 0.29) is 6.04 Å². The third kappa shape index (κ3) is 4.17. The van der Waals surface area contributed by atoms with Crippen molar-refractivity contribution >= 4 is 11.5 Å². The molecule has 1 aromatic heterocycles. The molecule has 4 nitrogen and oxygen atoms in total. The van der Waals surface area contributed by atoms with E-state index in [9.17, 15) is 4.79 Å². The molecule has 0 bridgehead atoms. The van der Waals surface area contributed by atoms with E-state index in [0.717, 1.165) is 22.3 Å². The average molecular weight is 379 g/mol. The van der Waals surface area contributed by atoms with Crippen LogP contribution in [0.2, 0.25) is 0 Å². The lowest BCUT2D eigenvalue weighted by Gasteiger charge is -2.20. The molecule has 0 saturated heterocycles. The number of amides is 1. The van der Waals surface area contributed by atoms with Crippen molar-refractivity contribution in [3.05, 3.63) is 132 Å². The Bertz CT molecular complexity index is 1100. The third-order valence-electron chi connectivity index (χ3n) is 4.85. The second-order valence-corrected chi connectivity index (χ2v) is 6.77. The number of nitrogens with two attached hydrogens (primary N) is 1. The van der Waals surface area contributed by atoms with Crippen LogP contribution in [-0.4, -0.2) is 15.5 Å². The topological polar surface area (TPSA) is 60.9 Å². The van der Waals surface area contributed by atoms with E-state index >= 15 is 0 Å². The Kier molecular flexibility index (Phi) is 5.34. The molecule has 0 spiro atoms. The summed E-state index contributed by atoms with van der Waals surface area (Å²) >= 11 is 0. The number of rotatable bonds is 6. The summed E-state index contributed by atoms with van der Waals surface area (Å²) in [5.41, 5.74) is 10.5. The lowest BCUT2D eigenvalue weighted by Crippen LogP contribution is -2.11. The predicted octanol–water partition coefficient (Wildman–Crippen LogP) is 4.44. The van der Waals surface area contributed by atoms with E-state index in [4.69, 9.17) is 5.73 Å². The predicted molar refractivity (Wildman–Crippen MR) is 115 cm³/mol. The smallest absolute Gasteiger partial charge is 0.242 e. The zero-order chi connectivity index (χ0) is 20.1. The Morgan fingerprint density at radius 3 is 2.00 bits per heavy atom. The number of carbonyl (C=O) groups excluding carboxylic acids is 1. The fraction of sp³-hybridized carbons (Fsp3) is 0.0400. The average Bonchev–Trinajstić information content (AvgIpc) is 3.28. The largest absolute Gasteiger partial charge is 0.366 e. The van der Waals surface area contributed by atoms with Crippen LogP contribution < -0.4 is 5.73 Å². The molecule has 1 heterocycles. The normalized spacial score (nSPS) is 12.5. The van der Waals surface area contributed by atoms with Crippen LogP contribution in [0.4, 0.5) is 0 Å². The molecule has 4 aromatic rings. The van der Waals surface area contributed by atoms with Gasteiger partial charge in [-0.3, -0.25) is 4.79 Å². The molecule has 1 atom stereocenters. The van der Waals surface area contributed by atoms with Crippen molar-refractivity contribution in [2.75, 3.05) is 0 Å². The summed E-state index contributed by atoms with van der Waals surface area (Å²) < 4.78 is 2.09. The number of benzene rings is 3. The molecule has 0 aliphatic heterocycles. The summed E-state index contributed by atoms with van der Waals surface area (Å²) in [6, 6.07) is 28.4. The van der Waals surface area contributed by atoms with Gasteiger partial charge in [0.1, 0.15) is 0 Å². The van der Waals surface area contributed by atoms with Gasteiger partial charge in [0.2, 0.25) is 5.91 Å². The molecule has 0 fully saturated rings. The van der Waals surface area contributed by atoms with Crippen molar-refractivity contribution < 1.29 is 4.79 Å². The Morgan fingerprint density at radius 1 is 0.828 bits per heavy atom. The first-order valence-electron chi connectivity index (χ1n) is 9.41. The van der Waals surface area contributed by atoms with Crippen LogP contribution in [-0.2, 0) is 4.79 Å². The summed E-state index contributed by atoms with van der Waals surface area (Å²) in [6.07, 6.45) is 7.06. The maximum atomic E-state index is 11.6. The Balaban J connectivity index is 1.75. The number of primary amides is 1. The highest BCUT2D eigenvalue weighted by molar-refractivity contribution is 5.98. The Hall–Kier alpha value is -3.92. The lowest BCUT2D eigenvalue weighted by molar-refractivity contribution is -0.113. The molecular formula is C25H21N3O. The number of hydrogen-bond donors (Lipinski definition) is 1. The number of imidazole rings is 1. The first-order valence-corrected chi connectivity index (χ1v) is 9.41. The van der Waals surface area contributed by atoms with E-state index in [1.165, 1.54) is 11.6 Å². The summed E-state index contributed by atoms with van der Waals surface area (Å²) in [7, 11) is 0. The van der Waals surface area contributed by atoms with Crippen molar-refractivity contribution in [2.24, 2.45) is 5.73 Å². The summed E-state index contributed by atoms with van der Waals surface area (Å²) in [4.78, 5) is 15.8. The summed E-state index contributed by atoms with van der Waals surface area (Å²) in [5, 5.41) is 0. The molecule has 4 rings (SSSR count). The van der Waals surface area contributed by atoms with Gasteiger partial charge < -0.3 is 10.3 Å². The second kappa shape index (κ2) is 8.40. The zero-order valence-electron chi connectivity index (χ0n) is 15.8. The number of nitrogens with zero attached hydrogens (tertiary/aromatic N) is 2. The Labute approximate surface area is 170 Å². The van der Waals surface area contributed by atoms with E-state index in [1.807, 2.05) is 73.2 Å². The first-order chi connectivity index (χ1) is 14.2. The van der Waals surface area contributed by atoms with Gasteiger partial charge in [0.25, 0.3) is 0 Å². The van der Waals surface area contributed by atoms with Gasteiger partial charge >= 0.3 is 0 Å². The molecule has 1 unspecified atom stereocenters. The highest BCUT2D eigenvalue weighted by Gasteiger charge is 2.16. The lowest BCUT2D eigenvalue weighted by atomic mass is 9.93. The van der Waals surface area contributed by atoms with Gasteiger partial charge in [-0.15, -0.1) is 0 Å². The van der Waals surface area contributed by atoms with Crippen LogP contribution >= 0.6 is 0 Å². The van der Waals surface area contributed by atoms with Crippen molar-refractivity contribution in [1.29, 1.82) is 0 Å². The highest BCUT2D eigenvalue weighted by atomic mass is 16.1. The van der Waals surface area contributed by atoms with Crippen molar-refractivity contribution in [1.82, 2.24) is 9.55 Å². The van der Waals surface area contributed by atoms with E-state index in [1.54, 1.807) is 6.20 Å². The number of hydrogen-bond acceptors (Lipinski definition) is 2. The van der Waals surface area contributed by atoms with Crippen LogP contribution in [0.1, 0.15) is 28.3 Å². The maximum absolute atomic E-state index is 11.6. The first kappa shape index (κ1) is 18.4. The van der Waals surface area contributed by atoms with Crippen LogP contribution in [0.25, 0.3) is 5.57 Å². The molecule has 4 heteroatoms. The third-order valence-corrected chi connectivity index (χ3v) is 4.85. The Morgan fingerprint density at radius 2 is 1.41 bits per heavy atom. The molecule has 142 valence electrons. The SMILES string of the molecule is NC(=O)C=C(c1ccccc1)c1ccc(C(c2ccccc2)n2ccnc2)cc1. The van der Waals surface area contributed by atoms with Crippen molar-refractivity contribution in [3.8, 4) is 0 Å². The minimum absolute atomic E-state index is 0.0213. The van der Waals surface area contributed by atoms with Gasteiger partial charge in [0.05, 0.1) is 12.4 Å². The fourth-order valence-corrected chi connectivity index (χ4v) is 3.53. The standard InChI is InChI=1S/C25H21N3O/c26-24(29)17-23(19-7-3-1-4-8-19)20-11-13-22(14-12-20)25(28-16-15-27-18-28)21-9-5-2-6-10-21/h1-18,25H,(H2,26,29). The fourth-order valence-electron chi connectivity index (χ4n) is 3.53. The van der Waals surface area contributed by atoms with E-state index in [2.05, 4.69) is 33.8 Å². The van der Waals surface area contributed by atoms with Crippen molar-refractivity contribution in [3.63, 3.8) is 0 Å². The van der Waals surface area contributed by atoms with Crippen LogP contribution in [0.3, 0.4) is 0 Å². The minimum atomic E-state index is -0.464. The molecule has 0 aliphatic rings. The van der Waals surface area contributed by atoms with E-state index in [0.29, 0.717) is 0 Å². The molecule has 1 amide bonds. The van der Waals surface area contributed by atoms with Gasteiger partial charge in [-0.05, 0) is 27.8 Å². The summed E-state index contributed by atoms with van der Waals surface area (Å²) in [6.45, 7) is 0. The minimum Gasteiger partial charge on any atom is -0.366 e.